The molecule has 100 valence electrons. The largest absolute Gasteiger partial charge is 0.497 e. The van der Waals surface area contributed by atoms with Gasteiger partial charge in [0.1, 0.15) is 5.75 Å². The van der Waals surface area contributed by atoms with Gasteiger partial charge in [-0.05, 0) is 55.4 Å². The molecular weight excluding hydrogens is 254 g/mol. The standard InChI is InChI=1S/C16H19NOS/c1-12-10-13(11-17-2)4-9-16(12)19-15-7-5-14(18-3)6-8-15/h4-10,17H,11H2,1-3H3. The van der Waals surface area contributed by atoms with Gasteiger partial charge in [0, 0.05) is 16.3 Å². The molecule has 0 fully saturated rings. The summed E-state index contributed by atoms with van der Waals surface area (Å²) < 4.78 is 5.17. The van der Waals surface area contributed by atoms with Crippen LogP contribution in [0.15, 0.2) is 52.3 Å². The average Bonchev–Trinajstić information content (AvgIpc) is 2.43. The van der Waals surface area contributed by atoms with Crippen molar-refractivity contribution in [3.8, 4) is 5.75 Å². The van der Waals surface area contributed by atoms with Gasteiger partial charge in [-0.25, -0.2) is 0 Å². The van der Waals surface area contributed by atoms with Crippen LogP contribution in [0.3, 0.4) is 0 Å². The second-order valence-electron chi connectivity index (χ2n) is 4.41. The molecule has 1 N–H and O–H groups in total. The molecule has 0 aliphatic rings. The molecule has 2 aromatic rings. The molecule has 0 heterocycles. The Labute approximate surface area is 119 Å². The summed E-state index contributed by atoms with van der Waals surface area (Å²) in [5.41, 5.74) is 2.63. The van der Waals surface area contributed by atoms with Crippen molar-refractivity contribution in [2.24, 2.45) is 0 Å². The van der Waals surface area contributed by atoms with Crippen molar-refractivity contribution >= 4 is 11.8 Å². The second kappa shape index (κ2) is 6.64. The van der Waals surface area contributed by atoms with Crippen molar-refractivity contribution in [3.05, 3.63) is 53.6 Å². The molecule has 0 aliphatic carbocycles. The van der Waals surface area contributed by atoms with Crippen LogP contribution in [0.1, 0.15) is 11.1 Å². The van der Waals surface area contributed by atoms with Gasteiger partial charge in [-0.2, -0.15) is 0 Å². The zero-order valence-corrected chi connectivity index (χ0v) is 12.4. The van der Waals surface area contributed by atoms with E-state index >= 15 is 0 Å². The lowest BCUT2D eigenvalue weighted by atomic mass is 10.1. The summed E-state index contributed by atoms with van der Waals surface area (Å²) >= 11 is 1.78. The molecular formula is C16H19NOS. The fourth-order valence-electron chi connectivity index (χ4n) is 1.91. The number of ether oxygens (including phenoxy) is 1. The van der Waals surface area contributed by atoms with Gasteiger partial charge in [0.15, 0.2) is 0 Å². The molecule has 0 saturated carbocycles. The summed E-state index contributed by atoms with van der Waals surface area (Å²) in [6.45, 7) is 3.07. The number of rotatable bonds is 5. The molecule has 2 rings (SSSR count). The summed E-state index contributed by atoms with van der Waals surface area (Å²) in [7, 11) is 3.65. The third-order valence-corrected chi connectivity index (χ3v) is 4.09. The zero-order valence-electron chi connectivity index (χ0n) is 11.6. The van der Waals surface area contributed by atoms with E-state index in [0.717, 1.165) is 12.3 Å². The Morgan fingerprint density at radius 2 is 1.84 bits per heavy atom. The summed E-state index contributed by atoms with van der Waals surface area (Å²) in [5, 5.41) is 3.17. The van der Waals surface area contributed by atoms with E-state index in [1.54, 1.807) is 18.9 Å². The van der Waals surface area contributed by atoms with Crippen LogP contribution in [0.25, 0.3) is 0 Å². The Morgan fingerprint density at radius 1 is 1.11 bits per heavy atom. The maximum absolute atomic E-state index is 5.17. The third kappa shape index (κ3) is 3.75. The van der Waals surface area contributed by atoms with E-state index in [1.165, 1.54) is 20.9 Å². The molecule has 19 heavy (non-hydrogen) atoms. The van der Waals surface area contributed by atoms with Gasteiger partial charge in [0.05, 0.1) is 7.11 Å². The third-order valence-electron chi connectivity index (χ3n) is 2.91. The van der Waals surface area contributed by atoms with Crippen molar-refractivity contribution in [1.29, 1.82) is 0 Å². The summed E-state index contributed by atoms with van der Waals surface area (Å²) in [4.78, 5) is 2.52. The lowest BCUT2D eigenvalue weighted by Gasteiger charge is -2.08. The predicted molar refractivity (Wildman–Crippen MR) is 81.1 cm³/mol. The molecule has 0 atom stereocenters. The highest BCUT2D eigenvalue weighted by atomic mass is 32.2. The van der Waals surface area contributed by atoms with Gasteiger partial charge >= 0.3 is 0 Å². The van der Waals surface area contributed by atoms with Gasteiger partial charge in [-0.1, -0.05) is 23.9 Å². The maximum Gasteiger partial charge on any atom is 0.118 e. The number of nitrogens with one attached hydrogen (secondary N) is 1. The van der Waals surface area contributed by atoms with Crippen molar-refractivity contribution in [2.75, 3.05) is 14.2 Å². The molecule has 0 aromatic heterocycles. The average molecular weight is 273 g/mol. The lowest BCUT2D eigenvalue weighted by molar-refractivity contribution is 0.414. The Bertz CT molecular complexity index is 537. The van der Waals surface area contributed by atoms with E-state index in [0.29, 0.717) is 0 Å². The second-order valence-corrected chi connectivity index (χ2v) is 5.52. The van der Waals surface area contributed by atoms with Crippen LogP contribution in [0.5, 0.6) is 5.75 Å². The van der Waals surface area contributed by atoms with E-state index in [4.69, 9.17) is 4.74 Å². The van der Waals surface area contributed by atoms with E-state index in [1.807, 2.05) is 19.2 Å². The topological polar surface area (TPSA) is 21.3 Å². The quantitative estimate of drug-likeness (QED) is 0.893. The maximum atomic E-state index is 5.17. The first kappa shape index (κ1) is 14.0. The highest BCUT2D eigenvalue weighted by molar-refractivity contribution is 7.99. The summed E-state index contributed by atoms with van der Waals surface area (Å²) in [6, 6.07) is 14.8. The van der Waals surface area contributed by atoms with E-state index in [9.17, 15) is 0 Å². The smallest absolute Gasteiger partial charge is 0.118 e. The van der Waals surface area contributed by atoms with Crippen LogP contribution in [0, 0.1) is 6.92 Å². The van der Waals surface area contributed by atoms with Gasteiger partial charge in [-0.3, -0.25) is 0 Å². The molecule has 3 heteroatoms. The summed E-state index contributed by atoms with van der Waals surface area (Å²) in [5.74, 6) is 0.894. The van der Waals surface area contributed by atoms with Gasteiger partial charge in [0.2, 0.25) is 0 Å². The van der Waals surface area contributed by atoms with Crippen LogP contribution >= 0.6 is 11.8 Å². The fraction of sp³-hybridized carbons (Fsp3) is 0.250. The Hall–Kier alpha value is -1.45. The van der Waals surface area contributed by atoms with E-state index in [2.05, 4.69) is 42.6 Å². The van der Waals surface area contributed by atoms with Crippen LogP contribution < -0.4 is 10.1 Å². The minimum Gasteiger partial charge on any atom is -0.497 e. The van der Waals surface area contributed by atoms with Crippen molar-refractivity contribution in [2.45, 2.75) is 23.3 Å². The Balaban J connectivity index is 2.13. The SMILES string of the molecule is CNCc1ccc(Sc2ccc(OC)cc2)c(C)c1. The molecule has 0 radical (unpaired) electrons. The van der Waals surface area contributed by atoms with E-state index < -0.39 is 0 Å². The first-order valence-corrected chi connectivity index (χ1v) is 7.10. The fourth-order valence-corrected chi connectivity index (χ4v) is 2.79. The van der Waals surface area contributed by atoms with E-state index in [-0.39, 0.29) is 0 Å². The molecule has 0 amide bonds. The number of hydrogen-bond acceptors (Lipinski definition) is 3. The summed E-state index contributed by atoms with van der Waals surface area (Å²) in [6.07, 6.45) is 0. The molecule has 0 unspecified atom stereocenters. The van der Waals surface area contributed by atoms with Crippen LogP contribution in [0.2, 0.25) is 0 Å². The van der Waals surface area contributed by atoms with Crippen molar-refractivity contribution in [1.82, 2.24) is 5.32 Å². The van der Waals surface area contributed by atoms with Gasteiger partial charge in [-0.15, -0.1) is 0 Å². The van der Waals surface area contributed by atoms with Gasteiger partial charge < -0.3 is 10.1 Å². The highest BCUT2D eigenvalue weighted by Crippen LogP contribution is 2.31. The van der Waals surface area contributed by atoms with Gasteiger partial charge in [0.25, 0.3) is 0 Å². The molecule has 2 aromatic carbocycles. The van der Waals surface area contributed by atoms with Crippen LogP contribution in [0.4, 0.5) is 0 Å². The minimum atomic E-state index is 0.894. The molecule has 0 aliphatic heterocycles. The number of benzene rings is 2. The molecule has 0 bridgehead atoms. The molecule has 0 spiro atoms. The van der Waals surface area contributed by atoms with Crippen molar-refractivity contribution < 1.29 is 4.74 Å². The van der Waals surface area contributed by atoms with Crippen LogP contribution in [-0.4, -0.2) is 14.2 Å². The van der Waals surface area contributed by atoms with Crippen molar-refractivity contribution in [3.63, 3.8) is 0 Å². The Morgan fingerprint density at radius 3 is 2.42 bits per heavy atom. The Kier molecular flexibility index (Phi) is 4.88. The first-order chi connectivity index (χ1) is 9.22. The monoisotopic (exact) mass is 273 g/mol. The van der Waals surface area contributed by atoms with Crippen LogP contribution in [-0.2, 0) is 6.54 Å². The zero-order chi connectivity index (χ0) is 13.7. The first-order valence-electron chi connectivity index (χ1n) is 6.29. The molecule has 2 nitrogen and oxygen atoms in total. The normalized spacial score (nSPS) is 10.5. The number of methoxy groups -OCH3 is 1. The number of aryl methyl sites for hydroxylation is 1. The lowest BCUT2D eigenvalue weighted by Crippen LogP contribution is -2.05. The molecule has 0 saturated heterocycles. The minimum absolute atomic E-state index is 0.894. The number of hydrogen-bond donors (Lipinski definition) is 1. The predicted octanol–water partition coefficient (Wildman–Crippen LogP) is 3.87. The highest BCUT2D eigenvalue weighted by Gasteiger charge is 2.03.